The molecule has 2 N–H and O–H groups in total. The third kappa shape index (κ3) is 11.7. The van der Waals surface area contributed by atoms with Gasteiger partial charge in [0, 0.05) is 36.2 Å². The van der Waals surface area contributed by atoms with Crippen molar-refractivity contribution in [2.45, 2.75) is 65.4 Å². The second-order valence-electron chi connectivity index (χ2n) is 9.44. The Morgan fingerprint density at radius 2 is 1.56 bits per heavy atom. The lowest BCUT2D eigenvalue weighted by Gasteiger charge is -2.23. The molecule has 1 aromatic carbocycles. The monoisotopic (exact) mass is 518 g/mol. The van der Waals surface area contributed by atoms with Crippen molar-refractivity contribution in [1.82, 2.24) is 10.6 Å². The standard InChI is InChI=1S/C29H43ClN2O4/c1-21(28(33)32-20-14-10-9-13-19-31-23(3)36-29(4,5)6)17-18-26(30)27(35-8)25-16-12-11-15-24(25)22(2)34-7/h11-12,15-17,31H,2-3,9-10,13-14,18-20H2,1,4-8H3,(H,32,33)/b21-17+,27-26-. The largest absolute Gasteiger partial charge is 0.497 e. The number of methoxy groups -OCH3 is 2. The lowest BCUT2D eigenvalue weighted by atomic mass is 10.0. The van der Waals surface area contributed by atoms with Crippen molar-refractivity contribution in [2.24, 2.45) is 0 Å². The third-order valence-electron chi connectivity index (χ3n) is 5.26. The quantitative estimate of drug-likeness (QED) is 0.144. The molecule has 0 saturated heterocycles. The van der Waals surface area contributed by atoms with Gasteiger partial charge in [-0.15, -0.1) is 0 Å². The zero-order valence-electron chi connectivity index (χ0n) is 22.8. The van der Waals surface area contributed by atoms with Crippen molar-refractivity contribution in [1.29, 1.82) is 0 Å². The molecule has 1 amide bonds. The summed E-state index contributed by atoms with van der Waals surface area (Å²) in [7, 11) is 3.14. The summed E-state index contributed by atoms with van der Waals surface area (Å²) in [5, 5.41) is 6.66. The zero-order chi connectivity index (χ0) is 27.1. The molecule has 36 heavy (non-hydrogen) atoms. The summed E-state index contributed by atoms with van der Waals surface area (Å²) in [5.74, 6) is 1.56. The number of halogens is 1. The molecule has 0 saturated carbocycles. The van der Waals surface area contributed by atoms with Gasteiger partial charge in [0.25, 0.3) is 0 Å². The summed E-state index contributed by atoms with van der Waals surface area (Å²) in [6.45, 7) is 17.0. The van der Waals surface area contributed by atoms with Gasteiger partial charge in [0.15, 0.2) is 5.88 Å². The highest BCUT2D eigenvalue weighted by molar-refractivity contribution is 6.32. The van der Waals surface area contributed by atoms with Crippen LogP contribution in [0.15, 0.2) is 60.0 Å². The van der Waals surface area contributed by atoms with Crippen LogP contribution in [0, 0.1) is 0 Å². The molecule has 0 radical (unpaired) electrons. The van der Waals surface area contributed by atoms with Crippen LogP contribution in [0.2, 0.25) is 0 Å². The fourth-order valence-electron chi connectivity index (χ4n) is 3.41. The van der Waals surface area contributed by atoms with Crippen LogP contribution in [0.3, 0.4) is 0 Å². The molecular weight excluding hydrogens is 476 g/mol. The molecule has 0 heterocycles. The van der Waals surface area contributed by atoms with E-state index in [1.165, 1.54) is 0 Å². The van der Waals surface area contributed by atoms with Crippen LogP contribution in [0.25, 0.3) is 11.5 Å². The molecule has 0 atom stereocenters. The fraction of sp³-hybridized carbons (Fsp3) is 0.483. The normalized spacial score (nSPS) is 12.4. The Balaban J connectivity index is 2.47. The Labute approximate surface area is 222 Å². The maximum absolute atomic E-state index is 12.4. The molecule has 7 heteroatoms. The van der Waals surface area contributed by atoms with E-state index in [0.717, 1.165) is 43.4 Å². The highest BCUT2D eigenvalue weighted by Crippen LogP contribution is 2.30. The molecule has 1 rings (SSSR count). The molecule has 0 unspecified atom stereocenters. The topological polar surface area (TPSA) is 68.8 Å². The lowest BCUT2D eigenvalue weighted by molar-refractivity contribution is -0.117. The number of hydrogen-bond donors (Lipinski definition) is 2. The summed E-state index contributed by atoms with van der Waals surface area (Å²) in [5.41, 5.74) is 1.95. The predicted octanol–water partition coefficient (Wildman–Crippen LogP) is 6.75. The highest BCUT2D eigenvalue weighted by Gasteiger charge is 2.15. The highest BCUT2D eigenvalue weighted by atomic mass is 35.5. The second-order valence-corrected chi connectivity index (χ2v) is 9.89. The summed E-state index contributed by atoms with van der Waals surface area (Å²) < 4.78 is 16.5. The van der Waals surface area contributed by atoms with E-state index < -0.39 is 0 Å². The van der Waals surface area contributed by atoms with E-state index in [0.29, 0.717) is 41.0 Å². The predicted molar refractivity (Wildman–Crippen MR) is 150 cm³/mol. The summed E-state index contributed by atoms with van der Waals surface area (Å²) in [6.07, 6.45) is 6.23. The van der Waals surface area contributed by atoms with Crippen LogP contribution in [-0.4, -0.2) is 38.8 Å². The van der Waals surface area contributed by atoms with E-state index in [1.54, 1.807) is 21.1 Å². The van der Waals surface area contributed by atoms with Gasteiger partial charge in [-0.25, -0.2) is 0 Å². The van der Waals surface area contributed by atoms with E-state index in [1.807, 2.05) is 51.1 Å². The third-order valence-corrected chi connectivity index (χ3v) is 5.58. The van der Waals surface area contributed by atoms with E-state index >= 15 is 0 Å². The molecule has 200 valence electrons. The van der Waals surface area contributed by atoms with E-state index in [-0.39, 0.29) is 11.5 Å². The van der Waals surface area contributed by atoms with Crippen molar-refractivity contribution in [3.05, 3.63) is 71.1 Å². The Hall–Kier alpha value is -2.86. The van der Waals surface area contributed by atoms with Gasteiger partial charge in [0.05, 0.1) is 19.3 Å². The SMILES string of the molecule is C=C(NCCCCCCNC(=O)/C(C)=C/C/C(Cl)=C(/OC)c1ccccc1C(=C)OC)OC(C)(C)C. The molecule has 0 fully saturated rings. The van der Waals surface area contributed by atoms with Crippen LogP contribution >= 0.6 is 11.6 Å². The first-order valence-corrected chi connectivity index (χ1v) is 12.7. The maximum atomic E-state index is 12.4. The van der Waals surface area contributed by atoms with Crippen LogP contribution in [-0.2, 0) is 19.0 Å². The van der Waals surface area contributed by atoms with Crippen molar-refractivity contribution >= 4 is 29.0 Å². The van der Waals surface area contributed by atoms with E-state index in [2.05, 4.69) is 23.8 Å². The van der Waals surface area contributed by atoms with Gasteiger partial charge in [0.2, 0.25) is 5.91 Å². The Morgan fingerprint density at radius 1 is 0.972 bits per heavy atom. The van der Waals surface area contributed by atoms with Gasteiger partial charge < -0.3 is 24.8 Å². The molecule has 0 aliphatic rings. The first-order chi connectivity index (χ1) is 17.0. The maximum Gasteiger partial charge on any atom is 0.246 e. The molecule has 0 aromatic heterocycles. The minimum atomic E-state index is -0.242. The number of carbonyl (C=O) groups is 1. The smallest absolute Gasteiger partial charge is 0.246 e. The molecule has 1 aromatic rings. The summed E-state index contributed by atoms with van der Waals surface area (Å²) >= 11 is 6.58. The van der Waals surface area contributed by atoms with Gasteiger partial charge in [-0.3, -0.25) is 4.79 Å². The molecular formula is C29H43ClN2O4. The minimum Gasteiger partial charge on any atom is -0.497 e. The van der Waals surface area contributed by atoms with Crippen LogP contribution in [0.4, 0.5) is 0 Å². The average molecular weight is 519 g/mol. The first kappa shape index (κ1) is 31.2. The number of unbranched alkanes of at least 4 members (excludes halogenated alkanes) is 3. The van der Waals surface area contributed by atoms with Crippen molar-refractivity contribution in [2.75, 3.05) is 27.3 Å². The number of hydrogen-bond acceptors (Lipinski definition) is 5. The molecule has 0 aliphatic carbocycles. The van der Waals surface area contributed by atoms with Crippen LogP contribution < -0.4 is 10.6 Å². The number of benzene rings is 1. The van der Waals surface area contributed by atoms with E-state index in [9.17, 15) is 4.79 Å². The van der Waals surface area contributed by atoms with Crippen LogP contribution in [0.1, 0.15) is 70.9 Å². The van der Waals surface area contributed by atoms with Crippen molar-refractivity contribution in [3.8, 4) is 0 Å². The fourth-order valence-corrected chi connectivity index (χ4v) is 3.66. The average Bonchev–Trinajstić information content (AvgIpc) is 2.83. The van der Waals surface area contributed by atoms with Crippen LogP contribution in [0.5, 0.6) is 0 Å². The number of nitrogens with one attached hydrogen (secondary N) is 2. The van der Waals surface area contributed by atoms with E-state index in [4.69, 9.17) is 25.8 Å². The number of rotatable bonds is 16. The number of carbonyl (C=O) groups excluding carboxylic acids is 1. The van der Waals surface area contributed by atoms with Gasteiger partial charge in [0.1, 0.15) is 17.1 Å². The molecule has 6 nitrogen and oxygen atoms in total. The lowest BCUT2D eigenvalue weighted by Crippen LogP contribution is -2.26. The summed E-state index contributed by atoms with van der Waals surface area (Å²) in [4.78, 5) is 12.4. The Morgan fingerprint density at radius 3 is 2.11 bits per heavy atom. The Kier molecular flexibility index (Phi) is 13.9. The number of amides is 1. The molecule has 0 bridgehead atoms. The molecule has 0 spiro atoms. The van der Waals surface area contributed by atoms with Gasteiger partial charge in [-0.05, 0) is 47.1 Å². The second kappa shape index (κ2) is 16.0. The van der Waals surface area contributed by atoms with Crippen molar-refractivity contribution in [3.63, 3.8) is 0 Å². The van der Waals surface area contributed by atoms with Gasteiger partial charge in [-0.1, -0.05) is 61.4 Å². The minimum absolute atomic E-state index is 0.0936. The number of ether oxygens (including phenoxy) is 3. The van der Waals surface area contributed by atoms with Gasteiger partial charge >= 0.3 is 0 Å². The van der Waals surface area contributed by atoms with Crippen molar-refractivity contribution < 1.29 is 19.0 Å². The molecule has 0 aliphatic heterocycles. The first-order valence-electron chi connectivity index (χ1n) is 12.3. The van der Waals surface area contributed by atoms with Gasteiger partial charge in [-0.2, -0.15) is 0 Å². The zero-order valence-corrected chi connectivity index (χ0v) is 23.5. The Bertz CT molecular complexity index is 945. The summed E-state index contributed by atoms with van der Waals surface area (Å²) in [6, 6.07) is 7.59. The number of allylic oxidation sites excluding steroid dienone is 2.